The standard InChI is InChI=1S/C15H22N4O/c1-10-9-14(18-17-11(10)2)19-7-5-12(6-8-19)15(20)16-13-3-4-13/h9,12-13H,3-8H2,1-2H3,(H,16,20). The zero-order chi connectivity index (χ0) is 14.1. The second-order valence-corrected chi connectivity index (χ2v) is 6.02. The molecule has 5 nitrogen and oxygen atoms in total. The molecular weight excluding hydrogens is 252 g/mol. The molecule has 1 aliphatic heterocycles. The van der Waals surface area contributed by atoms with Gasteiger partial charge >= 0.3 is 0 Å². The largest absolute Gasteiger partial charge is 0.355 e. The zero-order valence-electron chi connectivity index (χ0n) is 12.2. The van der Waals surface area contributed by atoms with Gasteiger partial charge in [0.05, 0.1) is 5.69 Å². The Bertz CT molecular complexity index is 505. The van der Waals surface area contributed by atoms with E-state index >= 15 is 0 Å². The molecule has 0 radical (unpaired) electrons. The molecule has 1 aromatic heterocycles. The highest BCUT2D eigenvalue weighted by Gasteiger charge is 2.30. The number of rotatable bonds is 3. The van der Waals surface area contributed by atoms with Crippen molar-refractivity contribution in [2.45, 2.75) is 45.6 Å². The SMILES string of the molecule is Cc1cc(N2CCC(C(=O)NC3CC3)CC2)nnc1C. The third-order valence-electron chi connectivity index (χ3n) is 4.33. The van der Waals surface area contributed by atoms with E-state index < -0.39 is 0 Å². The summed E-state index contributed by atoms with van der Waals surface area (Å²) in [6.45, 7) is 5.81. The predicted octanol–water partition coefficient (Wildman–Crippen LogP) is 1.59. The second-order valence-electron chi connectivity index (χ2n) is 6.02. The van der Waals surface area contributed by atoms with Gasteiger partial charge in [0.2, 0.25) is 5.91 Å². The Kier molecular flexibility index (Phi) is 3.59. The van der Waals surface area contributed by atoms with Gasteiger partial charge in [-0.05, 0) is 51.2 Å². The maximum Gasteiger partial charge on any atom is 0.223 e. The van der Waals surface area contributed by atoms with Gasteiger partial charge in [-0.15, -0.1) is 5.10 Å². The van der Waals surface area contributed by atoms with Crippen LogP contribution in [0.2, 0.25) is 0 Å². The van der Waals surface area contributed by atoms with Crippen molar-refractivity contribution in [1.82, 2.24) is 15.5 Å². The fourth-order valence-electron chi connectivity index (χ4n) is 2.60. The van der Waals surface area contributed by atoms with Crippen LogP contribution in [0.15, 0.2) is 6.07 Å². The Hall–Kier alpha value is -1.65. The smallest absolute Gasteiger partial charge is 0.223 e. The van der Waals surface area contributed by atoms with Crippen LogP contribution in [0.5, 0.6) is 0 Å². The molecule has 1 amide bonds. The van der Waals surface area contributed by atoms with E-state index in [9.17, 15) is 4.79 Å². The Morgan fingerprint density at radius 2 is 1.90 bits per heavy atom. The third kappa shape index (κ3) is 2.92. The molecule has 2 fully saturated rings. The van der Waals surface area contributed by atoms with Crippen molar-refractivity contribution in [2.24, 2.45) is 5.92 Å². The highest BCUT2D eigenvalue weighted by Crippen LogP contribution is 2.25. The van der Waals surface area contributed by atoms with E-state index in [1.165, 1.54) is 5.56 Å². The second kappa shape index (κ2) is 5.38. The highest BCUT2D eigenvalue weighted by molar-refractivity contribution is 5.79. The maximum atomic E-state index is 12.0. The Morgan fingerprint density at radius 1 is 1.20 bits per heavy atom. The number of carbonyl (C=O) groups is 1. The van der Waals surface area contributed by atoms with Gasteiger partial charge in [0.1, 0.15) is 0 Å². The summed E-state index contributed by atoms with van der Waals surface area (Å²) in [5.74, 6) is 1.36. The van der Waals surface area contributed by atoms with Crippen molar-refractivity contribution >= 4 is 11.7 Å². The first-order valence-corrected chi connectivity index (χ1v) is 7.50. The molecule has 0 atom stereocenters. The van der Waals surface area contributed by atoms with Gasteiger partial charge in [0.25, 0.3) is 0 Å². The van der Waals surface area contributed by atoms with Crippen LogP contribution in [0.1, 0.15) is 36.9 Å². The van der Waals surface area contributed by atoms with Gasteiger partial charge < -0.3 is 10.2 Å². The van der Waals surface area contributed by atoms with Crippen LogP contribution in [0.4, 0.5) is 5.82 Å². The van der Waals surface area contributed by atoms with Crippen LogP contribution in [-0.4, -0.2) is 35.2 Å². The van der Waals surface area contributed by atoms with Crippen LogP contribution >= 0.6 is 0 Å². The number of piperidine rings is 1. The van der Waals surface area contributed by atoms with E-state index in [2.05, 4.69) is 33.4 Å². The average molecular weight is 274 g/mol. The lowest BCUT2D eigenvalue weighted by molar-refractivity contribution is -0.125. The van der Waals surface area contributed by atoms with E-state index in [0.29, 0.717) is 6.04 Å². The number of hydrogen-bond donors (Lipinski definition) is 1. The van der Waals surface area contributed by atoms with E-state index in [1.807, 2.05) is 6.92 Å². The van der Waals surface area contributed by atoms with Crippen LogP contribution in [0, 0.1) is 19.8 Å². The lowest BCUT2D eigenvalue weighted by Crippen LogP contribution is -2.41. The van der Waals surface area contributed by atoms with Crippen molar-refractivity contribution < 1.29 is 4.79 Å². The fourth-order valence-corrected chi connectivity index (χ4v) is 2.60. The lowest BCUT2D eigenvalue weighted by Gasteiger charge is -2.32. The quantitative estimate of drug-likeness (QED) is 0.909. The van der Waals surface area contributed by atoms with Crippen LogP contribution in [0.3, 0.4) is 0 Å². The van der Waals surface area contributed by atoms with Crippen LogP contribution in [-0.2, 0) is 4.79 Å². The van der Waals surface area contributed by atoms with E-state index in [0.717, 1.165) is 50.3 Å². The normalized spacial score (nSPS) is 20.0. The van der Waals surface area contributed by atoms with Crippen LogP contribution < -0.4 is 10.2 Å². The minimum Gasteiger partial charge on any atom is -0.355 e. The molecule has 1 aliphatic carbocycles. The topological polar surface area (TPSA) is 58.1 Å². The van der Waals surface area contributed by atoms with Gasteiger partial charge in [-0.25, -0.2) is 0 Å². The molecule has 1 N–H and O–H groups in total. The predicted molar refractivity (Wildman–Crippen MR) is 77.6 cm³/mol. The molecule has 1 aromatic rings. The zero-order valence-corrected chi connectivity index (χ0v) is 12.2. The summed E-state index contributed by atoms with van der Waals surface area (Å²) in [6.07, 6.45) is 4.13. The van der Waals surface area contributed by atoms with Gasteiger partial charge in [0.15, 0.2) is 5.82 Å². The minimum atomic E-state index is 0.173. The monoisotopic (exact) mass is 274 g/mol. The molecule has 5 heteroatoms. The molecule has 1 saturated carbocycles. The molecule has 0 aromatic carbocycles. The van der Waals surface area contributed by atoms with E-state index in [4.69, 9.17) is 0 Å². The summed E-state index contributed by atoms with van der Waals surface area (Å²) in [6, 6.07) is 2.55. The minimum absolute atomic E-state index is 0.173. The average Bonchev–Trinajstić information content (AvgIpc) is 3.26. The van der Waals surface area contributed by atoms with E-state index in [1.54, 1.807) is 0 Å². The summed E-state index contributed by atoms with van der Waals surface area (Å²) < 4.78 is 0. The van der Waals surface area contributed by atoms with E-state index in [-0.39, 0.29) is 11.8 Å². The summed E-state index contributed by atoms with van der Waals surface area (Å²) in [5.41, 5.74) is 2.15. The number of hydrogen-bond acceptors (Lipinski definition) is 4. The Labute approximate surface area is 119 Å². The maximum absolute atomic E-state index is 12.0. The van der Waals surface area contributed by atoms with Crippen molar-refractivity contribution in [2.75, 3.05) is 18.0 Å². The first kappa shape index (κ1) is 13.3. The highest BCUT2D eigenvalue weighted by atomic mass is 16.2. The molecule has 1 saturated heterocycles. The summed E-state index contributed by atoms with van der Waals surface area (Å²) in [4.78, 5) is 14.3. The van der Waals surface area contributed by atoms with Gasteiger partial charge in [0, 0.05) is 25.0 Å². The number of anilines is 1. The number of aromatic nitrogens is 2. The summed E-state index contributed by atoms with van der Waals surface area (Å²) in [7, 11) is 0. The number of amides is 1. The molecule has 0 bridgehead atoms. The number of carbonyl (C=O) groups excluding carboxylic acids is 1. The molecule has 2 aliphatic rings. The molecule has 108 valence electrons. The van der Waals surface area contributed by atoms with Crippen molar-refractivity contribution in [3.8, 4) is 0 Å². The first-order chi connectivity index (χ1) is 9.63. The number of aryl methyl sites for hydroxylation is 2. The number of nitrogens with zero attached hydrogens (tertiary/aromatic N) is 3. The molecule has 0 spiro atoms. The Balaban J connectivity index is 1.57. The molecule has 20 heavy (non-hydrogen) atoms. The summed E-state index contributed by atoms with van der Waals surface area (Å²) >= 11 is 0. The van der Waals surface area contributed by atoms with Crippen molar-refractivity contribution in [1.29, 1.82) is 0 Å². The van der Waals surface area contributed by atoms with Gasteiger partial charge in [-0.1, -0.05) is 0 Å². The van der Waals surface area contributed by atoms with Gasteiger partial charge in [-0.3, -0.25) is 4.79 Å². The molecule has 0 unspecified atom stereocenters. The lowest BCUT2D eigenvalue weighted by atomic mass is 9.96. The fraction of sp³-hybridized carbons (Fsp3) is 0.667. The summed E-state index contributed by atoms with van der Waals surface area (Å²) in [5, 5.41) is 11.6. The molecule has 2 heterocycles. The molecular formula is C15H22N4O. The molecule has 3 rings (SSSR count). The van der Waals surface area contributed by atoms with Gasteiger partial charge in [-0.2, -0.15) is 5.10 Å². The van der Waals surface area contributed by atoms with Crippen molar-refractivity contribution in [3.63, 3.8) is 0 Å². The van der Waals surface area contributed by atoms with Crippen molar-refractivity contribution in [3.05, 3.63) is 17.3 Å². The number of nitrogens with one attached hydrogen (secondary N) is 1. The third-order valence-corrected chi connectivity index (χ3v) is 4.33. The first-order valence-electron chi connectivity index (χ1n) is 7.50. The van der Waals surface area contributed by atoms with Crippen LogP contribution in [0.25, 0.3) is 0 Å². The Morgan fingerprint density at radius 3 is 2.50 bits per heavy atom.